The number of likely N-dealkylation sites (N-methyl/N-ethyl adjacent to an activating group) is 2. The van der Waals surface area contributed by atoms with E-state index in [4.69, 9.17) is 0 Å². The number of nitrogens with zero attached hydrogens (tertiary/aromatic N) is 3. The SMILES string of the molecule is CN1CCC(N(C)CCN(C)S(=O)(=O)CC2CCCCC2)CC1. The van der Waals surface area contributed by atoms with E-state index in [0.29, 0.717) is 24.3 Å². The summed E-state index contributed by atoms with van der Waals surface area (Å²) in [6, 6.07) is 0.598. The lowest BCUT2D eigenvalue weighted by Gasteiger charge is -2.35. The van der Waals surface area contributed by atoms with Gasteiger partial charge in [0.2, 0.25) is 10.0 Å². The average molecular weight is 346 g/mol. The van der Waals surface area contributed by atoms with E-state index in [2.05, 4.69) is 23.9 Å². The van der Waals surface area contributed by atoms with Crippen molar-refractivity contribution in [1.29, 1.82) is 0 Å². The molecule has 1 saturated carbocycles. The molecule has 1 heterocycles. The molecular weight excluding hydrogens is 310 g/mol. The van der Waals surface area contributed by atoms with Crippen molar-refractivity contribution in [3.8, 4) is 0 Å². The highest BCUT2D eigenvalue weighted by molar-refractivity contribution is 7.89. The van der Waals surface area contributed by atoms with Crippen molar-refractivity contribution in [2.75, 3.05) is 53.1 Å². The fourth-order valence-corrected chi connectivity index (χ4v) is 5.38. The van der Waals surface area contributed by atoms with Gasteiger partial charge in [-0.15, -0.1) is 0 Å². The van der Waals surface area contributed by atoms with Gasteiger partial charge in [0.1, 0.15) is 0 Å². The monoisotopic (exact) mass is 345 g/mol. The second-order valence-corrected chi connectivity index (χ2v) is 9.74. The molecule has 6 heteroatoms. The highest BCUT2D eigenvalue weighted by atomic mass is 32.2. The molecular formula is C17H35N3O2S. The molecule has 0 aromatic heterocycles. The van der Waals surface area contributed by atoms with Crippen LogP contribution in [0.5, 0.6) is 0 Å². The third kappa shape index (κ3) is 6.00. The Balaban J connectivity index is 1.75. The van der Waals surface area contributed by atoms with Crippen LogP contribution in [0.4, 0.5) is 0 Å². The number of sulfonamides is 1. The van der Waals surface area contributed by atoms with E-state index in [0.717, 1.165) is 32.5 Å². The smallest absolute Gasteiger partial charge is 0.214 e. The van der Waals surface area contributed by atoms with Crippen LogP contribution in [0, 0.1) is 5.92 Å². The standard InChI is InChI=1S/C17H35N3O2S/c1-18-11-9-17(10-12-18)19(2)13-14-20(3)23(21,22)15-16-7-5-4-6-8-16/h16-17H,4-15H2,1-3H3. The molecule has 136 valence electrons. The van der Waals surface area contributed by atoms with Crippen LogP contribution in [-0.2, 0) is 10.0 Å². The molecule has 0 bridgehead atoms. The third-order valence-electron chi connectivity index (χ3n) is 5.72. The van der Waals surface area contributed by atoms with Crippen molar-refractivity contribution in [3.63, 3.8) is 0 Å². The maximum absolute atomic E-state index is 12.5. The normalized spacial score (nSPS) is 23.0. The fourth-order valence-electron chi connectivity index (χ4n) is 3.83. The largest absolute Gasteiger partial charge is 0.306 e. The van der Waals surface area contributed by atoms with Gasteiger partial charge in [-0.2, -0.15) is 0 Å². The van der Waals surface area contributed by atoms with Gasteiger partial charge < -0.3 is 9.80 Å². The van der Waals surface area contributed by atoms with Gasteiger partial charge in [0, 0.05) is 26.2 Å². The van der Waals surface area contributed by atoms with Crippen LogP contribution in [-0.4, -0.2) is 81.6 Å². The number of piperidine rings is 1. The minimum absolute atomic E-state index is 0.349. The number of hydrogen-bond acceptors (Lipinski definition) is 4. The number of likely N-dealkylation sites (tertiary alicyclic amines) is 1. The molecule has 0 spiro atoms. The molecule has 1 saturated heterocycles. The molecule has 0 amide bonds. The first-order valence-electron chi connectivity index (χ1n) is 9.21. The fraction of sp³-hybridized carbons (Fsp3) is 1.00. The first kappa shape index (κ1) is 19.2. The highest BCUT2D eigenvalue weighted by Gasteiger charge is 2.26. The van der Waals surface area contributed by atoms with Crippen LogP contribution in [0.3, 0.4) is 0 Å². The van der Waals surface area contributed by atoms with E-state index in [1.165, 1.54) is 32.1 Å². The molecule has 2 aliphatic rings. The van der Waals surface area contributed by atoms with Crippen LogP contribution in [0.15, 0.2) is 0 Å². The van der Waals surface area contributed by atoms with Crippen molar-refractivity contribution < 1.29 is 8.42 Å². The Morgan fingerprint density at radius 1 is 0.957 bits per heavy atom. The maximum Gasteiger partial charge on any atom is 0.214 e. The Hall–Kier alpha value is -0.170. The molecule has 0 N–H and O–H groups in total. The van der Waals surface area contributed by atoms with E-state index in [9.17, 15) is 8.42 Å². The van der Waals surface area contributed by atoms with E-state index in [-0.39, 0.29) is 0 Å². The second kappa shape index (κ2) is 8.79. The maximum atomic E-state index is 12.5. The number of hydrogen-bond donors (Lipinski definition) is 0. The second-order valence-electron chi connectivity index (χ2n) is 7.62. The van der Waals surface area contributed by atoms with Gasteiger partial charge in [0.05, 0.1) is 5.75 Å². The van der Waals surface area contributed by atoms with Crippen LogP contribution >= 0.6 is 0 Å². The van der Waals surface area contributed by atoms with Crippen molar-refractivity contribution in [2.24, 2.45) is 5.92 Å². The molecule has 23 heavy (non-hydrogen) atoms. The lowest BCUT2D eigenvalue weighted by Crippen LogP contribution is -2.45. The topological polar surface area (TPSA) is 43.9 Å². The van der Waals surface area contributed by atoms with Gasteiger partial charge in [-0.05, 0) is 58.8 Å². The highest BCUT2D eigenvalue weighted by Crippen LogP contribution is 2.25. The third-order valence-corrected chi connectivity index (χ3v) is 7.75. The van der Waals surface area contributed by atoms with E-state index in [1.807, 2.05) is 0 Å². The summed E-state index contributed by atoms with van der Waals surface area (Å²) in [5.41, 5.74) is 0. The zero-order valence-corrected chi connectivity index (χ0v) is 16.0. The van der Waals surface area contributed by atoms with Crippen LogP contribution in [0.2, 0.25) is 0 Å². The predicted molar refractivity (Wildman–Crippen MR) is 96.1 cm³/mol. The van der Waals surface area contributed by atoms with Crippen molar-refractivity contribution in [3.05, 3.63) is 0 Å². The minimum Gasteiger partial charge on any atom is -0.306 e. The predicted octanol–water partition coefficient (Wildman–Crippen LogP) is 1.85. The van der Waals surface area contributed by atoms with Gasteiger partial charge in [-0.25, -0.2) is 12.7 Å². The summed E-state index contributed by atoms with van der Waals surface area (Å²) in [6.45, 7) is 3.72. The molecule has 0 aromatic rings. The molecule has 0 radical (unpaired) electrons. The summed E-state index contributed by atoms with van der Waals surface area (Å²) in [6.07, 6.45) is 8.21. The van der Waals surface area contributed by atoms with E-state index in [1.54, 1.807) is 11.4 Å². The average Bonchev–Trinajstić information content (AvgIpc) is 2.53. The van der Waals surface area contributed by atoms with Gasteiger partial charge in [0.15, 0.2) is 0 Å². The first-order valence-corrected chi connectivity index (χ1v) is 10.8. The van der Waals surface area contributed by atoms with E-state index >= 15 is 0 Å². The Kier molecular flexibility index (Phi) is 7.32. The summed E-state index contributed by atoms with van der Waals surface area (Å²) in [7, 11) is 2.96. The van der Waals surface area contributed by atoms with Gasteiger partial charge >= 0.3 is 0 Å². The molecule has 2 rings (SSSR count). The van der Waals surface area contributed by atoms with Gasteiger partial charge in [-0.1, -0.05) is 19.3 Å². The van der Waals surface area contributed by atoms with Crippen LogP contribution in [0.1, 0.15) is 44.9 Å². The summed E-state index contributed by atoms with van der Waals surface area (Å²) in [5, 5.41) is 0. The summed E-state index contributed by atoms with van der Waals surface area (Å²) >= 11 is 0. The lowest BCUT2D eigenvalue weighted by atomic mass is 9.91. The quantitative estimate of drug-likeness (QED) is 0.706. The Morgan fingerprint density at radius 3 is 2.17 bits per heavy atom. The van der Waals surface area contributed by atoms with Crippen LogP contribution < -0.4 is 0 Å². The molecule has 0 atom stereocenters. The lowest BCUT2D eigenvalue weighted by molar-refractivity contribution is 0.141. The number of rotatable bonds is 7. The van der Waals surface area contributed by atoms with E-state index < -0.39 is 10.0 Å². The van der Waals surface area contributed by atoms with Crippen molar-refractivity contribution >= 4 is 10.0 Å². The summed E-state index contributed by atoms with van der Waals surface area (Å²) < 4.78 is 26.7. The van der Waals surface area contributed by atoms with Crippen LogP contribution in [0.25, 0.3) is 0 Å². The Labute approximate surface area is 143 Å². The molecule has 1 aliphatic carbocycles. The van der Waals surface area contributed by atoms with Gasteiger partial charge in [-0.3, -0.25) is 0 Å². The molecule has 0 unspecified atom stereocenters. The Morgan fingerprint density at radius 2 is 1.57 bits per heavy atom. The first-order chi connectivity index (χ1) is 10.9. The van der Waals surface area contributed by atoms with Gasteiger partial charge in [0.25, 0.3) is 0 Å². The zero-order valence-electron chi connectivity index (χ0n) is 15.2. The summed E-state index contributed by atoms with van der Waals surface area (Å²) in [4.78, 5) is 4.71. The van der Waals surface area contributed by atoms with Crippen molar-refractivity contribution in [2.45, 2.75) is 51.0 Å². The molecule has 2 fully saturated rings. The summed E-state index contributed by atoms with van der Waals surface area (Å²) in [5.74, 6) is 0.726. The minimum atomic E-state index is -3.10. The molecule has 1 aliphatic heterocycles. The Bertz CT molecular complexity index is 441. The molecule has 0 aromatic carbocycles. The van der Waals surface area contributed by atoms with Crippen molar-refractivity contribution in [1.82, 2.24) is 14.1 Å². The molecule has 5 nitrogen and oxygen atoms in total. The zero-order chi connectivity index (χ0) is 16.9.